The van der Waals surface area contributed by atoms with Crippen LogP contribution in [-0.4, -0.2) is 12.2 Å². The molecule has 0 radical (unpaired) electrons. The Labute approximate surface area is 102 Å². The van der Waals surface area contributed by atoms with Crippen LogP contribution in [0.5, 0.6) is 0 Å². The van der Waals surface area contributed by atoms with Gasteiger partial charge in [0.25, 0.3) is 0 Å². The van der Waals surface area contributed by atoms with Gasteiger partial charge in [-0.15, -0.1) is 0 Å². The average molecular weight is 224 g/mol. The molecule has 0 saturated carbocycles. The van der Waals surface area contributed by atoms with Crippen molar-refractivity contribution >= 4 is 0 Å². The van der Waals surface area contributed by atoms with Gasteiger partial charge in [0.05, 0.1) is 5.60 Å². The summed E-state index contributed by atoms with van der Waals surface area (Å²) in [6.45, 7) is 9.27. The molecule has 0 aromatic heterocycles. The summed E-state index contributed by atoms with van der Waals surface area (Å²) < 4.78 is 5.67. The van der Waals surface area contributed by atoms with Crippen LogP contribution in [-0.2, 0) is 4.74 Å². The van der Waals surface area contributed by atoms with Crippen molar-refractivity contribution in [3.05, 3.63) is 24.3 Å². The fourth-order valence-electron chi connectivity index (χ4n) is 1.38. The van der Waals surface area contributed by atoms with Gasteiger partial charge in [-0.25, -0.2) is 0 Å². The summed E-state index contributed by atoms with van der Waals surface area (Å²) in [5, 5.41) is 0. The third kappa shape index (κ3) is 13.4. The highest BCUT2D eigenvalue weighted by Gasteiger charge is 2.08. The SMILES string of the molecule is CC=CC=CCCCCCCOC(C)(C)C. The summed E-state index contributed by atoms with van der Waals surface area (Å²) in [5.41, 5.74) is 0.0230. The summed E-state index contributed by atoms with van der Waals surface area (Å²) in [6.07, 6.45) is 14.8. The van der Waals surface area contributed by atoms with Crippen molar-refractivity contribution in [2.45, 2.75) is 65.4 Å². The Morgan fingerprint density at radius 2 is 1.62 bits per heavy atom. The highest BCUT2D eigenvalue weighted by atomic mass is 16.5. The van der Waals surface area contributed by atoms with Crippen LogP contribution in [0, 0.1) is 0 Å². The molecule has 0 amide bonds. The van der Waals surface area contributed by atoms with Gasteiger partial charge in [0, 0.05) is 6.61 Å². The van der Waals surface area contributed by atoms with Crippen LogP contribution in [0.3, 0.4) is 0 Å². The van der Waals surface area contributed by atoms with Crippen molar-refractivity contribution in [1.82, 2.24) is 0 Å². The van der Waals surface area contributed by atoms with Crippen LogP contribution < -0.4 is 0 Å². The molecule has 0 aliphatic carbocycles. The van der Waals surface area contributed by atoms with E-state index in [1.807, 2.05) is 6.92 Å². The Morgan fingerprint density at radius 3 is 2.25 bits per heavy atom. The minimum Gasteiger partial charge on any atom is -0.376 e. The summed E-state index contributed by atoms with van der Waals surface area (Å²) >= 11 is 0. The van der Waals surface area contributed by atoms with Gasteiger partial charge in [0.15, 0.2) is 0 Å². The van der Waals surface area contributed by atoms with E-state index >= 15 is 0 Å². The van der Waals surface area contributed by atoms with E-state index in [0.717, 1.165) is 6.61 Å². The van der Waals surface area contributed by atoms with Gasteiger partial charge in [-0.3, -0.25) is 0 Å². The molecule has 16 heavy (non-hydrogen) atoms. The van der Waals surface area contributed by atoms with Crippen LogP contribution in [0.1, 0.15) is 59.8 Å². The number of unbranched alkanes of at least 4 members (excludes halogenated alkanes) is 4. The molecule has 0 aliphatic rings. The van der Waals surface area contributed by atoms with Gasteiger partial charge in [0.2, 0.25) is 0 Å². The van der Waals surface area contributed by atoms with Gasteiger partial charge < -0.3 is 4.74 Å². The van der Waals surface area contributed by atoms with E-state index in [4.69, 9.17) is 4.74 Å². The van der Waals surface area contributed by atoms with Crippen molar-refractivity contribution in [3.63, 3.8) is 0 Å². The number of hydrogen-bond donors (Lipinski definition) is 0. The molecule has 1 nitrogen and oxygen atoms in total. The second-order valence-corrected chi connectivity index (χ2v) is 5.12. The maximum absolute atomic E-state index is 5.67. The van der Waals surface area contributed by atoms with Crippen molar-refractivity contribution in [2.24, 2.45) is 0 Å². The Hall–Kier alpha value is -0.560. The average Bonchev–Trinajstić information content (AvgIpc) is 2.19. The summed E-state index contributed by atoms with van der Waals surface area (Å²) in [7, 11) is 0. The highest BCUT2D eigenvalue weighted by Crippen LogP contribution is 2.09. The monoisotopic (exact) mass is 224 g/mol. The maximum Gasteiger partial charge on any atom is 0.0598 e. The van der Waals surface area contributed by atoms with Gasteiger partial charge in [-0.1, -0.05) is 37.1 Å². The Kier molecular flexibility index (Phi) is 9.31. The Balaban J connectivity index is 3.16. The fourth-order valence-corrected chi connectivity index (χ4v) is 1.38. The normalized spacial score (nSPS) is 13.0. The standard InChI is InChI=1S/C15H28O/c1-5-6-7-8-9-10-11-12-13-14-16-15(2,3)4/h5-8H,9-14H2,1-4H3. The molecule has 0 rings (SSSR count). The lowest BCUT2D eigenvalue weighted by Gasteiger charge is -2.19. The lowest BCUT2D eigenvalue weighted by Crippen LogP contribution is -2.19. The molecule has 0 saturated heterocycles. The zero-order chi connectivity index (χ0) is 12.3. The fraction of sp³-hybridized carbons (Fsp3) is 0.733. The molecule has 0 fully saturated rings. The first-order valence-electron chi connectivity index (χ1n) is 6.48. The first-order chi connectivity index (χ1) is 7.56. The lowest BCUT2D eigenvalue weighted by atomic mass is 10.1. The molecule has 0 heterocycles. The molecule has 0 aromatic rings. The van der Waals surface area contributed by atoms with Crippen molar-refractivity contribution in [1.29, 1.82) is 0 Å². The van der Waals surface area contributed by atoms with Crippen LogP contribution in [0.15, 0.2) is 24.3 Å². The van der Waals surface area contributed by atoms with Crippen LogP contribution in [0.4, 0.5) is 0 Å². The minimum atomic E-state index is 0.0230. The third-order valence-electron chi connectivity index (χ3n) is 2.24. The molecule has 0 unspecified atom stereocenters. The first-order valence-corrected chi connectivity index (χ1v) is 6.48. The highest BCUT2D eigenvalue weighted by molar-refractivity contribution is 5.00. The predicted octanol–water partition coefficient (Wildman–Crippen LogP) is 4.88. The van der Waals surface area contributed by atoms with Gasteiger partial charge in [-0.2, -0.15) is 0 Å². The van der Waals surface area contributed by atoms with Crippen molar-refractivity contribution in [2.75, 3.05) is 6.61 Å². The number of rotatable bonds is 8. The van der Waals surface area contributed by atoms with E-state index < -0.39 is 0 Å². The molecule has 0 N–H and O–H groups in total. The van der Waals surface area contributed by atoms with Crippen molar-refractivity contribution in [3.8, 4) is 0 Å². The minimum absolute atomic E-state index is 0.0230. The topological polar surface area (TPSA) is 9.23 Å². The van der Waals surface area contributed by atoms with Crippen LogP contribution >= 0.6 is 0 Å². The van der Waals surface area contributed by atoms with E-state index in [1.165, 1.54) is 32.1 Å². The molecule has 1 heteroatoms. The van der Waals surface area contributed by atoms with Gasteiger partial charge in [-0.05, 0) is 47.0 Å². The molecular weight excluding hydrogens is 196 g/mol. The second kappa shape index (κ2) is 9.65. The summed E-state index contributed by atoms with van der Waals surface area (Å²) in [6, 6.07) is 0. The lowest BCUT2D eigenvalue weighted by molar-refractivity contribution is -0.00473. The maximum atomic E-state index is 5.67. The summed E-state index contributed by atoms with van der Waals surface area (Å²) in [5.74, 6) is 0. The Bertz CT molecular complexity index is 196. The number of allylic oxidation sites excluding steroid dienone is 4. The van der Waals surface area contributed by atoms with E-state index in [1.54, 1.807) is 0 Å². The van der Waals surface area contributed by atoms with E-state index in [-0.39, 0.29) is 5.60 Å². The zero-order valence-corrected chi connectivity index (χ0v) is 11.5. The summed E-state index contributed by atoms with van der Waals surface area (Å²) in [4.78, 5) is 0. The van der Waals surface area contributed by atoms with E-state index in [9.17, 15) is 0 Å². The Morgan fingerprint density at radius 1 is 0.938 bits per heavy atom. The molecule has 0 aliphatic heterocycles. The smallest absolute Gasteiger partial charge is 0.0598 e. The second-order valence-electron chi connectivity index (χ2n) is 5.12. The van der Waals surface area contributed by atoms with E-state index in [0.29, 0.717) is 0 Å². The molecular formula is C15H28O. The van der Waals surface area contributed by atoms with E-state index in [2.05, 4.69) is 45.1 Å². The quantitative estimate of drug-likeness (QED) is 0.421. The van der Waals surface area contributed by atoms with Gasteiger partial charge >= 0.3 is 0 Å². The molecule has 0 bridgehead atoms. The molecule has 0 spiro atoms. The van der Waals surface area contributed by atoms with Crippen molar-refractivity contribution < 1.29 is 4.74 Å². The zero-order valence-electron chi connectivity index (χ0n) is 11.5. The third-order valence-corrected chi connectivity index (χ3v) is 2.24. The molecule has 94 valence electrons. The van der Waals surface area contributed by atoms with Crippen LogP contribution in [0.2, 0.25) is 0 Å². The first kappa shape index (κ1) is 15.4. The number of ether oxygens (including phenoxy) is 1. The van der Waals surface area contributed by atoms with Crippen LogP contribution in [0.25, 0.3) is 0 Å². The van der Waals surface area contributed by atoms with Gasteiger partial charge in [0.1, 0.15) is 0 Å². The molecule has 0 aromatic carbocycles. The predicted molar refractivity (Wildman–Crippen MR) is 72.7 cm³/mol. The largest absolute Gasteiger partial charge is 0.376 e. The number of hydrogen-bond acceptors (Lipinski definition) is 1. The molecule has 0 atom stereocenters.